The van der Waals surface area contributed by atoms with E-state index < -0.39 is 24.4 Å². The monoisotopic (exact) mass is 237 g/mol. The minimum Gasteiger partial charge on any atom is -0.444 e. The molecule has 1 aromatic carbocycles. The first-order chi connectivity index (χ1) is 8.13. The van der Waals surface area contributed by atoms with Gasteiger partial charge in [-0.3, -0.25) is 14.9 Å². The van der Waals surface area contributed by atoms with Crippen LogP contribution in [0.15, 0.2) is 30.3 Å². The van der Waals surface area contributed by atoms with E-state index in [4.69, 9.17) is 5.11 Å². The highest BCUT2D eigenvalue weighted by Gasteiger charge is 2.16. The summed E-state index contributed by atoms with van der Waals surface area (Å²) < 4.78 is 4.69. The summed E-state index contributed by atoms with van der Waals surface area (Å²) in [6.07, 6.45) is -1.03. The Morgan fingerprint density at radius 1 is 1.18 bits per heavy atom. The fourth-order valence-corrected chi connectivity index (χ4v) is 0.993. The molecule has 0 aliphatic rings. The summed E-state index contributed by atoms with van der Waals surface area (Å²) in [5, 5.41) is 10.1. The van der Waals surface area contributed by atoms with Crippen LogP contribution in [0.1, 0.15) is 5.56 Å². The van der Waals surface area contributed by atoms with E-state index in [9.17, 15) is 14.4 Å². The van der Waals surface area contributed by atoms with Crippen LogP contribution in [0, 0.1) is 0 Å². The molecule has 0 saturated heterocycles. The molecular weight excluding hydrogens is 226 g/mol. The van der Waals surface area contributed by atoms with Crippen LogP contribution in [0.5, 0.6) is 0 Å². The third-order valence-electron chi connectivity index (χ3n) is 1.83. The number of imide groups is 1. The highest BCUT2D eigenvalue weighted by atomic mass is 16.5. The topological polar surface area (TPSA) is 92.7 Å². The smallest absolute Gasteiger partial charge is 0.414 e. The molecular formula is C11H11NO5. The molecule has 0 aromatic heterocycles. The highest BCUT2D eigenvalue weighted by Crippen LogP contribution is 2.00. The van der Waals surface area contributed by atoms with Crippen LogP contribution in [0.3, 0.4) is 0 Å². The first-order valence-corrected chi connectivity index (χ1v) is 4.79. The van der Waals surface area contributed by atoms with Gasteiger partial charge < -0.3 is 9.84 Å². The second-order valence-corrected chi connectivity index (χ2v) is 3.10. The number of aliphatic hydroxyl groups excluding tert-OH is 1. The van der Waals surface area contributed by atoms with E-state index in [0.29, 0.717) is 0 Å². The number of nitrogens with one attached hydrogen (secondary N) is 1. The summed E-state index contributed by atoms with van der Waals surface area (Å²) in [4.78, 5) is 32.6. The summed E-state index contributed by atoms with van der Waals surface area (Å²) in [5.41, 5.74) is 0.753. The van der Waals surface area contributed by atoms with Crippen LogP contribution in [-0.2, 0) is 20.9 Å². The van der Waals surface area contributed by atoms with Gasteiger partial charge in [0.2, 0.25) is 5.78 Å². The average molecular weight is 237 g/mol. The molecule has 0 aliphatic heterocycles. The van der Waals surface area contributed by atoms with Gasteiger partial charge in [0, 0.05) is 0 Å². The Labute approximate surface area is 97.2 Å². The summed E-state index contributed by atoms with van der Waals surface area (Å²) in [6, 6.07) is 8.85. The Morgan fingerprint density at radius 3 is 2.41 bits per heavy atom. The van der Waals surface area contributed by atoms with Gasteiger partial charge in [0.25, 0.3) is 5.91 Å². The number of hydrogen-bond acceptors (Lipinski definition) is 5. The van der Waals surface area contributed by atoms with Crippen LogP contribution in [-0.4, -0.2) is 29.5 Å². The van der Waals surface area contributed by atoms with Crippen LogP contribution in [0.2, 0.25) is 0 Å². The second-order valence-electron chi connectivity index (χ2n) is 3.10. The number of carbonyl (C=O) groups excluding carboxylic acids is 3. The van der Waals surface area contributed by atoms with Crippen molar-refractivity contribution < 1.29 is 24.2 Å². The number of Topliss-reactive ketones (excluding diaryl/α,β-unsaturated/α-hetero) is 1. The Kier molecular flexibility index (Phi) is 4.83. The van der Waals surface area contributed by atoms with Crippen LogP contribution in [0.4, 0.5) is 4.79 Å². The maximum atomic E-state index is 11.1. The maximum absolute atomic E-state index is 11.1. The van der Waals surface area contributed by atoms with Gasteiger partial charge in [-0.25, -0.2) is 4.79 Å². The van der Waals surface area contributed by atoms with Gasteiger partial charge in [-0.2, -0.15) is 0 Å². The van der Waals surface area contributed by atoms with Gasteiger partial charge >= 0.3 is 6.09 Å². The number of benzene rings is 1. The van der Waals surface area contributed by atoms with Gasteiger partial charge in [-0.15, -0.1) is 0 Å². The lowest BCUT2D eigenvalue weighted by Gasteiger charge is -2.04. The van der Waals surface area contributed by atoms with Gasteiger partial charge in [0.15, 0.2) is 0 Å². The van der Waals surface area contributed by atoms with Crippen molar-refractivity contribution in [2.24, 2.45) is 0 Å². The molecule has 0 saturated carbocycles. The molecule has 0 unspecified atom stereocenters. The quantitative estimate of drug-likeness (QED) is 0.719. The Hall–Kier alpha value is -2.21. The summed E-state index contributed by atoms with van der Waals surface area (Å²) in [5.74, 6) is -2.28. The highest BCUT2D eigenvalue weighted by molar-refractivity contribution is 6.38. The summed E-state index contributed by atoms with van der Waals surface area (Å²) >= 11 is 0. The summed E-state index contributed by atoms with van der Waals surface area (Å²) in [6.45, 7) is -0.953. The molecule has 1 rings (SSSR count). The molecule has 1 aromatic rings. The molecule has 0 aliphatic carbocycles. The fraction of sp³-hybridized carbons (Fsp3) is 0.182. The fourth-order valence-electron chi connectivity index (χ4n) is 0.993. The van der Waals surface area contributed by atoms with Crippen molar-refractivity contribution in [2.45, 2.75) is 6.61 Å². The Morgan fingerprint density at radius 2 is 1.82 bits per heavy atom. The minimum absolute atomic E-state index is 0.00668. The zero-order valence-corrected chi connectivity index (χ0v) is 8.88. The first kappa shape index (κ1) is 12.9. The molecule has 90 valence electrons. The van der Waals surface area contributed by atoms with Gasteiger partial charge in [0.1, 0.15) is 13.2 Å². The molecule has 0 fully saturated rings. The van der Waals surface area contributed by atoms with E-state index in [1.807, 2.05) is 6.07 Å². The molecule has 2 amide bonds. The number of hydrogen-bond donors (Lipinski definition) is 2. The molecule has 0 heterocycles. The predicted molar refractivity (Wildman–Crippen MR) is 56.9 cm³/mol. The maximum Gasteiger partial charge on any atom is 0.414 e. The average Bonchev–Trinajstić information content (AvgIpc) is 2.36. The SMILES string of the molecule is O=C(NC(=O)C(=O)CO)OCc1ccccc1. The molecule has 17 heavy (non-hydrogen) atoms. The van der Waals surface area contributed by atoms with Crippen molar-refractivity contribution in [2.75, 3.05) is 6.61 Å². The second kappa shape index (κ2) is 6.39. The van der Waals surface area contributed by atoms with E-state index in [2.05, 4.69) is 4.74 Å². The van der Waals surface area contributed by atoms with E-state index in [-0.39, 0.29) is 6.61 Å². The van der Waals surface area contributed by atoms with E-state index in [1.54, 1.807) is 29.6 Å². The van der Waals surface area contributed by atoms with Crippen LogP contribution < -0.4 is 5.32 Å². The van der Waals surface area contributed by atoms with Gasteiger partial charge in [-0.05, 0) is 5.56 Å². The lowest BCUT2D eigenvalue weighted by atomic mass is 10.2. The number of aliphatic hydroxyl groups is 1. The number of alkyl carbamates (subject to hydrolysis) is 1. The van der Waals surface area contributed by atoms with Crippen molar-refractivity contribution in [3.05, 3.63) is 35.9 Å². The Balaban J connectivity index is 2.36. The van der Waals surface area contributed by atoms with Crippen LogP contribution in [0.25, 0.3) is 0 Å². The predicted octanol–water partition coefficient (Wildman–Crippen LogP) is 0.000800. The lowest BCUT2D eigenvalue weighted by molar-refractivity contribution is -0.139. The van der Waals surface area contributed by atoms with Gasteiger partial charge in [-0.1, -0.05) is 30.3 Å². The zero-order valence-electron chi connectivity index (χ0n) is 8.88. The van der Waals surface area contributed by atoms with Crippen molar-refractivity contribution in [3.8, 4) is 0 Å². The largest absolute Gasteiger partial charge is 0.444 e. The molecule has 0 atom stereocenters. The number of ketones is 1. The first-order valence-electron chi connectivity index (χ1n) is 4.79. The Bertz CT molecular complexity index is 415. The summed E-state index contributed by atoms with van der Waals surface area (Å²) in [7, 11) is 0. The number of ether oxygens (including phenoxy) is 1. The standard InChI is InChI=1S/C11H11NO5/c13-6-9(14)10(15)12-11(16)17-7-8-4-2-1-3-5-8/h1-5,13H,6-7H2,(H,12,15,16). The minimum atomic E-state index is -1.19. The van der Waals surface area contributed by atoms with Crippen LogP contribution >= 0.6 is 0 Å². The molecule has 6 heteroatoms. The molecule has 2 N–H and O–H groups in total. The van der Waals surface area contributed by atoms with Crippen molar-refractivity contribution in [1.29, 1.82) is 0 Å². The normalized spacial score (nSPS) is 9.47. The van der Waals surface area contributed by atoms with E-state index in [1.165, 1.54) is 0 Å². The van der Waals surface area contributed by atoms with Crippen molar-refractivity contribution >= 4 is 17.8 Å². The van der Waals surface area contributed by atoms with Crippen molar-refractivity contribution in [3.63, 3.8) is 0 Å². The van der Waals surface area contributed by atoms with Gasteiger partial charge in [0.05, 0.1) is 0 Å². The molecule has 0 bridgehead atoms. The lowest BCUT2D eigenvalue weighted by Crippen LogP contribution is -2.37. The van der Waals surface area contributed by atoms with E-state index >= 15 is 0 Å². The number of carbonyl (C=O) groups is 3. The zero-order chi connectivity index (χ0) is 12.7. The third-order valence-corrected chi connectivity index (χ3v) is 1.83. The van der Waals surface area contributed by atoms with E-state index in [0.717, 1.165) is 5.56 Å². The van der Waals surface area contributed by atoms with Crippen molar-refractivity contribution in [1.82, 2.24) is 5.32 Å². The number of amides is 2. The molecule has 6 nitrogen and oxygen atoms in total. The molecule has 0 radical (unpaired) electrons. The number of rotatable bonds is 4. The molecule has 0 spiro atoms. The third kappa shape index (κ3) is 4.43.